The van der Waals surface area contributed by atoms with E-state index < -0.39 is 36.1 Å². The number of thiophene rings is 1. The maximum Gasteiger partial charge on any atom is 0.354 e. The molecule has 1 aromatic heterocycles. The van der Waals surface area contributed by atoms with Gasteiger partial charge in [-0.2, -0.15) is 0 Å². The zero-order valence-electron chi connectivity index (χ0n) is 17.1. The number of hydrogen-bond acceptors (Lipinski definition) is 7. The van der Waals surface area contributed by atoms with Crippen molar-refractivity contribution in [1.82, 2.24) is 15.5 Å². The van der Waals surface area contributed by atoms with Crippen LogP contribution in [0.4, 0.5) is 10.5 Å². The second kappa shape index (κ2) is 8.42. The van der Waals surface area contributed by atoms with E-state index in [0.29, 0.717) is 11.3 Å². The van der Waals surface area contributed by atoms with Crippen molar-refractivity contribution in [2.45, 2.75) is 25.0 Å². The first kappa shape index (κ1) is 21.5. The normalized spacial score (nSPS) is 19.3. The van der Waals surface area contributed by atoms with E-state index in [9.17, 15) is 24.0 Å². The molecular weight excluding hydrogens is 436 g/mol. The molecular formula is C21H20N4O6S. The van der Waals surface area contributed by atoms with Crippen LogP contribution < -0.4 is 15.5 Å². The fourth-order valence-corrected chi connectivity index (χ4v) is 4.57. The number of ether oxygens (including phenoxy) is 1. The van der Waals surface area contributed by atoms with E-state index in [-0.39, 0.29) is 25.3 Å². The van der Waals surface area contributed by atoms with Crippen LogP contribution in [0.5, 0.6) is 0 Å². The van der Waals surface area contributed by atoms with Gasteiger partial charge < -0.3 is 15.0 Å². The second-order valence-corrected chi connectivity index (χ2v) is 8.35. The molecule has 2 aliphatic heterocycles. The number of hydrogen-bond donors (Lipinski definition) is 2. The molecule has 0 aliphatic carbocycles. The lowest BCUT2D eigenvalue weighted by Crippen LogP contribution is -2.67. The van der Waals surface area contributed by atoms with Crippen LogP contribution in [-0.2, 0) is 25.7 Å². The Morgan fingerprint density at radius 1 is 1.16 bits per heavy atom. The number of esters is 1. The lowest BCUT2D eigenvalue weighted by molar-refractivity contribution is -0.159. The standard InChI is InChI=1S/C21H20N4O6S/c1-24-18(28)14-6-2-3-7-15(14)25-17(27)8-9-21(24,25)19(29)31-12-16(26)23-20(30)22-11-13-5-4-10-32-13/h2-7,10H,8-9,11-12H2,1H3,(H2,22,23,26,30). The molecule has 166 valence electrons. The van der Waals surface area contributed by atoms with Crippen LogP contribution >= 0.6 is 11.3 Å². The van der Waals surface area contributed by atoms with Crippen LogP contribution in [0.1, 0.15) is 28.1 Å². The van der Waals surface area contributed by atoms with Crippen LogP contribution in [0.2, 0.25) is 0 Å². The van der Waals surface area contributed by atoms with E-state index in [4.69, 9.17) is 4.74 Å². The Balaban J connectivity index is 1.43. The first-order valence-electron chi connectivity index (χ1n) is 9.82. The highest BCUT2D eigenvalue weighted by molar-refractivity contribution is 7.09. The van der Waals surface area contributed by atoms with Crippen molar-refractivity contribution < 1.29 is 28.7 Å². The van der Waals surface area contributed by atoms with Crippen molar-refractivity contribution in [2.24, 2.45) is 0 Å². The molecule has 11 heteroatoms. The SMILES string of the molecule is CN1C(=O)c2ccccc2N2C(=O)CCC12C(=O)OCC(=O)NC(=O)NCc1cccs1. The highest BCUT2D eigenvalue weighted by Crippen LogP contribution is 2.44. The number of nitrogens with one attached hydrogen (secondary N) is 2. The summed E-state index contributed by atoms with van der Waals surface area (Å²) in [4.78, 5) is 65.9. The molecule has 3 heterocycles. The van der Waals surface area contributed by atoms with Crippen molar-refractivity contribution in [2.75, 3.05) is 18.6 Å². The molecule has 2 N–H and O–H groups in total. The molecule has 4 rings (SSSR count). The summed E-state index contributed by atoms with van der Waals surface area (Å²) in [6, 6.07) is 9.46. The molecule has 10 nitrogen and oxygen atoms in total. The zero-order chi connectivity index (χ0) is 22.9. The number of carbonyl (C=O) groups excluding carboxylic acids is 5. The maximum absolute atomic E-state index is 13.1. The highest BCUT2D eigenvalue weighted by Gasteiger charge is 2.60. The third-order valence-electron chi connectivity index (χ3n) is 5.46. The van der Waals surface area contributed by atoms with E-state index in [1.165, 1.54) is 28.2 Å². The van der Waals surface area contributed by atoms with E-state index >= 15 is 0 Å². The zero-order valence-corrected chi connectivity index (χ0v) is 17.9. The van der Waals surface area contributed by atoms with E-state index in [1.807, 2.05) is 17.5 Å². The number of benzene rings is 1. The quantitative estimate of drug-likeness (QED) is 0.652. The predicted octanol–water partition coefficient (Wildman–Crippen LogP) is 1.23. The summed E-state index contributed by atoms with van der Waals surface area (Å²) in [6.45, 7) is -0.484. The van der Waals surface area contributed by atoms with Gasteiger partial charge in [-0.15, -0.1) is 11.3 Å². The van der Waals surface area contributed by atoms with Gasteiger partial charge in [0.2, 0.25) is 11.6 Å². The van der Waals surface area contributed by atoms with Crippen LogP contribution in [0, 0.1) is 0 Å². The number of rotatable bonds is 5. The fourth-order valence-electron chi connectivity index (χ4n) is 3.93. The molecule has 1 atom stereocenters. The average Bonchev–Trinajstić information content (AvgIpc) is 3.43. The van der Waals surface area contributed by atoms with Crippen LogP contribution in [0.3, 0.4) is 0 Å². The Morgan fingerprint density at radius 3 is 2.69 bits per heavy atom. The van der Waals surface area contributed by atoms with Gasteiger partial charge in [-0.25, -0.2) is 9.59 Å². The number of nitrogens with zero attached hydrogens (tertiary/aromatic N) is 2. The Bertz CT molecular complexity index is 1100. The smallest absolute Gasteiger partial charge is 0.354 e. The number of para-hydroxylation sites is 1. The number of carbonyl (C=O) groups is 5. The summed E-state index contributed by atoms with van der Waals surface area (Å²) < 4.78 is 5.16. The first-order chi connectivity index (χ1) is 15.3. The third kappa shape index (κ3) is 3.60. The minimum Gasteiger partial charge on any atom is -0.452 e. The molecule has 0 saturated carbocycles. The monoisotopic (exact) mass is 456 g/mol. The van der Waals surface area contributed by atoms with Crippen molar-refractivity contribution in [3.8, 4) is 0 Å². The lowest BCUT2D eigenvalue weighted by atomic mass is 9.97. The van der Waals surface area contributed by atoms with Gasteiger partial charge in [-0.05, 0) is 23.6 Å². The molecule has 0 radical (unpaired) electrons. The van der Waals surface area contributed by atoms with Crippen LogP contribution in [0.15, 0.2) is 41.8 Å². The van der Waals surface area contributed by atoms with Gasteiger partial charge in [-0.1, -0.05) is 18.2 Å². The topological polar surface area (TPSA) is 125 Å². The number of likely N-dealkylation sites (N-methyl/N-ethyl adjacent to an activating group) is 1. The summed E-state index contributed by atoms with van der Waals surface area (Å²) in [5.74, 6) is -2.51. The molecule has 5 amide bonds. The molecule has 1 fully saturated rings. The first-order valence-corrected chi connectivity index (χ1v) is 10.7. The Hall–Kier alpha value is -3.73. The van der Waals surface area contributed by atoms with E-state index in [0.717, 1.165) is 4.88 Å². The van der Waals surface area contributed by atoms with Crippen LogP contribution in [0.25, 0.3) is 0 Å². The van der Waals surface area contributed by atoms with Gasteiger partial charge in [0.05, 0.1) is 17.8 Å². The van der Waals surface area contributed by atoms with Gasteiger partial charge in [0.15, 0.2) is 6.61 Å². The minimum atomic E-state index is -1.68. The molecule has 32 heavy (non-hydrogen) atoms. The molecule has 2 aliphatic rings. The van der Waals surface area contributed by atoms with E-state index in [1.54, 1.807) is 24.3 Å². The number of amides is 5. The highest BCUT2D eigenvalue weighted by atomic mass is 32.1. The third-order valence-corrected chi connectivity index (χ3v) is 6.34. The Kier molecular flexibility index (Phi) is 5.66. The van der Waals surface area contributed by atoms with Gasteiger partial charge in [0.25, 0.3) is 11.8 Å². The summed E-state index contributed by atoms with van der Waals surface area (Å²) in [5, 5.41) is 6.47. The number of anilines is 1. The summed E-state index contributed by atoms with van der Waals surface area (Å²) >= 11 is 1.46. The largest absolute Gasteiger partial charge is 0.452 e. The minimum absolute atomic E-state index is 0.0319. The number of imide groups is 1. The van der Waals surface area contributed by atoms with Crippen molar-refractivity contribution >= 4 is 46.7 Å². The van der Waals surface area contributed by atoms with Gasteiger partial charge in [0.1, 0.15) is 0 Å². The second-order valence-electron chi connectivity index (χ2n) is 7.31. The van der Waals surface area contributed by atoms with Crippen molar-refractivity contribution in [1.29, 1.82) is 0 Å². The van der Waals surface area contributed by atoms with E-state index in [2.05, 4.69) is 10.6 Å². The van der Waals surface area contributed by atoms with Crippen molar-refractivity contribution in [3.05, 3.63) is 52.2 Å². The summed E-state index contributed by atoms with van der Waals surface area (Å²) in [7, 11) is 1.42. The Morgan fingerprint density at radius 2 is 1.94 bits per heavy atom. The maximum atomic E-state index is 13.1. The Labute approximate surface area is 187 Å². The molecule has 0 spiro atoms. The van der Waals surface area contributed by atoms with Gasteiger partial charge >= 0.3 is 12.0 Å². The predicted molar refractivity (Wildman–Crippen MR) is 114 cm³/mol. The summed E-state index contributed by atoms with van der Waals surface area (Å²) in [6.07, 6.45) is 0.0720. The van der Waals surface area contributed by atoms with Crippen LogP contribution in [-0.4, -0.2) is 53.9 Å². The lowest BCUT2D eigenvalue weighted by Gasteiger charge is -2.46. The van der Waals surface area contributed by atoms with Gasteiger partial charge in [-0.3, -0.25) is 24.6 Å². The summed E-state index contributed by atoms with van der Waals surface area (Å²) in [5.41, 5.74) is -1.05. The molecule has 0 bridgehead atoms. The average molecular weight is 456 g/mol. The molecule has 1 saturated heterocycles. The fraction of sp³-hybridized carbons (Fsp3) is 0.286. The molecule has 1 unspecified atom stereocenters. The molecule has 1 aromatic carbocycles. The molecule has 2 aromatic rings. The number of fused-ring (bicyclic) bond motifs is 3. The van der Waals surface area contributed by atoms with Gasteiger partial charge in [0, 0.05) is 24.8 Å². The van der Waals surface area contributed by atoms with Crippen molar-refractivity contribution in [3.63, 3.8) is 0 Å². The number of urea groups is 1.